The van der Waals surface area contributed by atoms with E-state index in [2.05, 4.69) is 10.6 Å². The number of hydrogen-bond donors (Lipinski definition) is 3. The van der Waals surface area contributed by atoms with Crippen LogP contribution in [0, 0.1) is 0 Å². The van der Waals surface area contributed by atoms with Crippen LogP contribution in [0.15, 0.2) is 0 Å². The first-order chi connectivity index (χ1) is 7.52. The third-order valence-corrected chi connectivity index (χ3v) is 3.07. The van der Waals surface area contributed by atoms with Gasteiger partial charge in [-0.2, -0.15) is 0 Å². The van der Waals surface area contributed by atoms with Gasteiger partial charge in [0.1, 0.15) is 6.04 Å². The van der Waals surface area contributed by atoms with E-state index in [0.717, 1.165) is 32.2 Å². The van der Waals surface area contributed by atoms with Crippen LogP contribution < -0.4 is 10.6 Å². The molecular formula is C11H20N2O3. The van der Waals surface area contributed by atoms with Crippen molar-refractivity contribution in [3.8, 4) is 0 Å². The number of carbonyl (C=O) groups excluding carboxylic acids is 1. The van der Waals surface area contributed by atoms with Gasteiger partial charge in [0.2, 0.25) is 5.91 Å². The van der Waals surface area contributed by atoms with Crippen LogP contribution in [0.4, 0.5) is 0 Å². The van der Waals surface area contributed by atoms with Gasteiger partial charge in [-0.1, -0.05) is 13.3 Å². The summed E-state index contributed by atoms with van der Waals surface area (Å²) in [6, 6.07) is -0.830. The molecule has 5 nitrogen and oxygen atoms in total. The Labute approximate surface area is 95.6 Å². The van der Waals surface area contributed by atoms with Crippen LogP contribution in [0.25, 0.3) is 0 Å². The smallest absolute Gasteiger partial charge is 0.325 e. The minimum Gasteiger partial charge on any atom is -0.480 e. The number of carboxylic acids is 1. The number of hydrogen-bond acceptors (Lipinski definition) is 3. The number of rotatable bonds is 5. The molecule has 92 valence electrons. The predicted octanol–water partition coefficient (Wildman–Crippen LogP) is 0.498. The minimum atomic E-state index is -1.00. The SMILES string of the molecule is CCCC1(C(=O)N[C@@H](C)C(=O)O)CCCN1. The predicted molar refractivity (Wildman–Crippen MR) is 60.1 cm³/mol. The van der Waals surface area contributed by atoms with Gasteiger partial charge < -0.3 is 15.7 Å². The molecule has 0 aromatic rings. The fourth-order valence-corrected chi connectivity index (χ4v) is 2.15. The quantitative estimate of drug-likeness (QED) is 0.640. The summed E-state index contributed by atoms with van der Waals surface area (Å²) in [5.74, 6) is -1.18. The number of amides is 1. The van der Waals surface area contributed by atoms with Crippen LogP contribution in [0.3, 0.4) is 0 Å². The Balaban J connectivity index is 2.65. The van der Waals surface area contributed by atoms with Crippen LogP contribution in [-0.4, -0.2) is 35.1 Å². The van der Waals surface area contributed by atoms with E-state index in [1.807, 2.05) is 6.92 Å². The molecule has 1 rings (SSSR count). The maximum Gasteiger partial charge on any atom is 0.325 e. The second-order valence-corrected chi connectivity index (χ2v) is 4.40. The molecule has 0 aliphatic carbocycles. The van der Waals surface area contributed by atoms with Crippen LogP contribution in [0.2, 0.25) is 0 Å². The summed E-state index contributed by atoms with van der Waals surface area (Å²) < 4.78 is 0. The molecule has 0 aromatic heterocycles. The highest BCUT2D eigenvalue weighted by Crippen LogP contribution is 2.25. The van der Waals surface area contributed by atoms with Gasteiger partial charge in [-0.25, -0.2) is 0 Å². The van der Waals surface area contributed by atoms with Crippen LogP contribution in [0.1, 0.15) is 39.5 Å². The molecule has 1 unspecified atom stereocenters. The van der Waals surface area contributed by atoms with E-state index in [1.165, 1.54) is 6.92 Å². The Bertz CT molecular complexity index is 272. The molecule has 0 radical (unpaired) electrons. The first-order valence-electron chi connectivity index (χ1n) is 5.80. The number of aliphatic carboxylic acids is 1. The summed E-state index contributed by atoms with van der Waals surface area (Å²) in [6.45, 7) is 4.33. The summed E-state index contributed by atoms with van der Waals surface area (Å²) in [5, 5.41) is 14.5. The standard InChI is InChI=1S/C11H20N2O3/c1-3-5-11(6-4-7-12-11)10(16)13-8(2)9(14)15/h8,12H,3-7H2,1-2H3,(H,13,16)(H,14,15)/t8-,11?/m0/s1. The molecule has 1 saturated heterocycles. The lowest BCUT2D eigenvalue weighted by Gasteiger charge is -2.28. The first-order valence-corrected chi connectivity index (χ1v) is 5.80. The molecule has 16 heavy (non-hydrogen) atoms. The van der Waals surface area contributed by atoms with E-state index in [9.17, 15) is 9.59 Å². The van der Waals surface area contributed by atoms with Crippen molar-refractivity contribution in [3.63, 3.8) is 0 Å². The Hall–Kier alpha value is -1.10. The van der Waals surface area contributed by atoms with Crippen molar-refractivity contribution in [2.24, 2.45) is 0 Å². The summed E-state index contributed by atoms with van der Waals surface area (Å²) in [4.78, 5) is 22.7. The second kappa shape index (κ2) is 5.30. The monoisotopic (exact) mass is 228 g/mol. The first kappa shape index (κ1) is 13.0. The molecule has 3 N–H and O–H groups in total. The van der Waals surface area contributed by atoms with Crippen molar-refractivity contribution < 1.29 is 14.7 Å². The molecular weight excluding hydrogens is 208 g/mol. The van der Waals surface area contributed by atoms with E-state index in [0.29, 0.717) is 0 Å². The Kier molecular flexibility index (Phi) is 4.29. The molecule has 1 amide bonds. The van der Waals surface area contributed by atoms with Gasteiger partial charge in [-0.3, -0.25) is 9.59 Å². The van der Waals surface area contributed by atoms with Crippen molar-refractivity contribution in [2.75, 3.05) is 6.54 Å². The highest BCUT2D eigenvalue weighted by molar-refractivity contribution is 5.90. The number of carboxylic acid groups (broad SMARTS) is 1. The highest BCUT2D eigenvalue weighted by atomic mass is 16.4. The largest absolute Gasteiger partial charge is 0.480 e. The normalized spacial score (nSPS) is 26.4. The lowest BCUT2D eigenvalue weighted by molar-refractivity contribution is -0.142. The van der Waals surface area contributed by atoms with E-state index in [4.69, 9.17) is 5.11 Å². The summed E-state index contributed by atoms with van der Waals surface area (Å²) >= 11 is 0. The average molecular weight is 228 g/mol. The molecule has 1 heterocycles. The molecule has 0 spiro atoms. The van der Waals surface area contributed by atoms with E-state index < -0.39 is 17.6 Å². The van der Waals surface area contributed by atoms with Gasteiger partial charge in [0.25, 0.3) is 0 Å². The van der Waals surface area contributed by atoms with Gasteiger partial charge in [0.05, 0.1) is 5.54 Å². The fraction of sp³-hybridized carbons (Fsp3) is 0.818. The van der Waals surface area contributed by atoms with Crippen molar-refractivity contribution in [1.29, 1.82) is 0 Å². The summed E-state index contributed by atoms with van der Waals surface area (Å²) in [7, 11) is 0. The third-order valence-electron chi connectivity index (χ3n) is 3.07. The van der Waals surface area contributed by atoms with Crippen molar-refractivity contribution in [1.82, 2.24) is 10.6 Å². The highest BCUT2D eigenvalue weighted by Gasteiger charge is 2.40. The third kappa shape index (κ3) is 2.72. The zero-order valence-corrected chi connectivity index (χ0v) is 9.88. The zero-order valence-electron chi connectivity index (χ0n) is 9.88. The van der Waals surface area contributed by atoms with E-state index in [-0.39, 0.29) is 5.91 Å². The van der Waals surface area contributed by atoms with Crippen molar-refractivity contribution >= 4 is 11.9 Å². The molecule has 2 atom stereocenters. The van der Waals surface area contributed by atoms with Crippen LogP contribution in [-0.2, 0) is 9.59 Å². The fourth-order valence-electron chi connectivity index (χ4n) is 2.15. The Morgan fingerprint density at radius 1 is 1.56 bits per heavy atom. The summed E-state index contributed by atoms with van der Waals surface area (Å²) in [5.41, 5.74) is -0.543. The van der Waals surface area contributed by atoms with E-state index in [1.54, 1.807) is 0 Å². The van der Waals surface area contributed by atoms with Crippen LogP contribution in [0.5, 0.6) is 0 Å². The lowest BCUT2D eigenvalue weighted by Crippen LogP contribution is -2.56. The topological polar surface area (TPSA) is 78.4 Å². The molecule has 0 aromatic carbocycles. The van der Waals surface area contributed by atoms with E-state index >= 15 is 0 Å². The van der Waals surface area contributed by atoms with Crippen molar-refractivity contribution in [2.45, 2.75) is 51.1 Å². The second-order valence-electron chi connectivity index (χ2n) is 4.40. The van der Waals surface area contributed by atoms with Gasteiger partial charge in [0.15, 0.2) is 0 Å². The summed E-state index contributed by atoms with van der Waals surface area (Å²) in [6.07, 6.45) is 3.42. The Morgan fingerprint density at radius 2 is 2.25 bits per heavy atom. The van der Waals surface area contributed by atoms with Crippen LogP contribution >= 0.6 is 0 Å². The minimum absolute atomic E-state index is 0.179. The van der Waals surface area contributed by atoms with Gasteiger partial charge in [-0.15, -0.1) is 0 Å². The molecule has 5 heteroatoms. The van der Waals surface area contributed by atoms with Gasteiger partial charge in [-0.05, 0) is 32.7 Å². The maximum absolute atomic E-state index is 12.0. The zero-order chi connectivity index (χ0) is 12.2. The molecule has 1 fully saturated rings. The molecule has 1 aliphatic rings. The van der Waals surface area contributed by atoms with Crippen molar-refractivity contribution in [3.05, 3.63) is 0 Å². The molecule has 0 saturated carbocycles. The maximum atomic E-state index is 12.0. The van der Waals surface area contributed by atoms with Gasteiger partial charge >= 0.3 is 5.97 Å². The van der Waals surface area contributed by atoms with Gasteiger partial charge in [0, 0.05) is 0 Å². The Morgan fingerprint density at radius 3 is 2.69 bits per heavy atom. The number of carbonyl (C=O) groups is 2. The molecule has 1 aliphatic heterocycles. The average Bonchev–Trinajstić information content (AvgIpc) is 2.68. The molecule has 0 bridgehead atoms. The lowest BCUT2D eigenvalue weighted by atomic mass is 9.90. The number of nitrogens with one attached hydrogen (secondary N) is 2.